The lowest BCUT2D eigenvalue weighted by Crippen LogP contribution is -2.17. The smallest absolute Gasteiger partial charge is 0.137 e. The molecule has 0 bridgehead atoms. The zero-order valence-corrected chi connectivity index (χ0v) is 12.4. The lowest BCUT2D eigenvalue weighted by Gasteiger charge is -2.14. The summed E-state index contributed by atoms with van der Waals surface area (Å²) in [5, 5.41) is 4.07. The van der Waals surface area contributed by atoms with Crippen molar-refractivity contribution in [2.75, 3.05) is 13.2 Å². The highest BCUT2D eigenvalue weighted by Crippen LogP contribution is 2.28. The Balaban J connectivity index is 2.56. The van der Waals surface area contributed by atoms with Crippen LogP contribution in [0.1, 0.15) is 51.6 Å². The van der Waals surface area contributed by atoms with Gasteiger partial charge < -0.3 is 10.1 Å². The summed E-state index contributed by atoms with van der Waals surface area (Å²) < 4.78 is 5.68. The van der Waals surface area contributed by atoms with Gasteiger partial charge >= 0.3 is 0 Å². The molecule has 18 heavy (non-hydrogen) atoms. The van der Waals surface area contributed by atoms with E-state index in [9.17, 15) is 0 Å². The number of hydrogen-bond donors (Lipinski definition) is 1. The van der Waals surface area contributed by atoms with Crippen LogP contribution in [-0.4, -0.2) is 13.2 Å². The summed E-state index contributed by atoms with van der Waals surface area (Å²) in [4.78, 5) is 0. The van der Waals surface area contributed by atoms with E-state index in [2.05, 4.69) is 32.2 Å². The van der Waals surface area contributed by atoms with Gasteiger partial charge in [0, 0.05) is 6.04 Å². The van der Waals surface area contributed by atoms with Gasteiger partial charge in [-0.15, -0.1) is 0 Å². The van der Waals surface area contributed by atoms with E-state index in [0.717, 1.165) is 25.3 Å². The number of hydrogen-bond acceptors (Lipinski definition) is 2. The first-order valence-electron chi connectivity index (χ1n) is 6.84. The molecule has 0 aliphatic rings. The number of benzene rings is 1. The van der Waals surface area contributed by atoms with Crippen molar-refractivity contribution < 1.29 is 4.74 Å². The van der Waals surface area contributed by atoms with Crippen LogP contribution in [0.25, 0.3) is 0 Å². The molecule has 0 amide bonds. The monoisotopic (exact) mass is 269 g/mol. The Morgan fingerprint density at radius 2 is 2.06 bits per heavy atom. The van der Waals surface area contributed by atoms with E-state index in [-0.39, 0.29) is 0 Å². The van der Waals surface area contributed by atoms with Crippen LogP contribution in [0.5, 0.6) is 5.75 Å². The van der Waals surface area contributed by atoms with Gasteiger partial charge in [-0.3, -0.25) is 0 Å². The Labute approximate surface area is 116 Å². The van der Waals surface area contributed by atoms with E-state index in [1.807, 2.05) is 12.1 Å². The first-order valence-corrected chi connectivity index (χ1v) is 7.22. The van der Waals surface area contributed by atoms with Crippen LogP contribution >= 0.6 is 11.6 Å². The second-order valence-corrected chi connectivity index (χ2v) is 4.93. The molecule has 0 saturated carbocycles. The highest BCUT2D eigenvalue weighted by Gasteiger charge is 2.07. The maximum Gasteiger partial charge on any atom is 0.137 e. The third kappa shape index (κ3) is 4.87. The van der Waals surface area contributed by atoms with Crippen molar-refractivity contribution in [1.82, 2.24) is 5.32 Å². The third-order valence-electron chi connectivity index (χ3n) is 2.97. The maximum absolute atomic E-state index is 6.23. The number of halogens is 1. The molecule has 2 nitrogen and oxygen atoms in total. The minimum Gasteiger partial charge on any atom is -0.492 e. The molecule has 1 aromatic carbocycles. The van der Waals surface area contributed by atoms with Crippen LogP contribution in [0.3, 0.4) is 0 Å². The van der Waals surface area contributed by atoms with Crippen LogP contribution in [0, 0.1) is 0 Å². The maximum atomic E-state index is 6.23. The van der Waals surface area contributed by atoms with Crippen molar-refractivity contribution in [3.05, 3.63) is 28.8 Å². The van der Waals surface area contributed by atoms with Gasteiger partial charge in [0.1, 0.15) is 5.75 Å². The predicted octanol–water partition coefficient (Wildman–Crippen LogP) is 4.58. The molecule has 0 spiro atoms. The molecule has 0 fully saturated rings. The Hall–Kier alpha value is -0.730. The SMILES string of the molecule is CCCCCOc1ccc(C(C)NCC)cc1Cl. The molecule has 0 radical (unpaired) electrons. The molecule has 0 aliphatic heterocycles. The minimum atomic E-state index is 0.321. The summed E-state index contributed by atoms with van der Waals surface area (Å²) in [5.74, 6) is 0.792. The van der Waals surface area contributed by atoms with Gasteiger partial charge in [0.15, 0.2) is 0 Å². The van der Waals surface area contributed by atoms with Gasteiger partial charge in [-0.2, -0.15) is 0 Å². The highest BCUT2D eigenvalue weighted by molar-refractivity contribution is 6.32. The second-order valence-electron chi connectivity index (χ2n) is 4.52. The molecule has 0 heterocycles. The molecule has 102 valence electrons. The zero-order valence-electron chi connectivity index (χ0n) is 11.6. The van der Waals surface area contributed by atoms with E-state index < -0.39 is 0 Å². The quantitative estimate of drug-likeness (QED) is 0.698. The normalized spacial score (nSPS) is 12.4. The zero-order chi connectivity index (χ0) is 13.4. The van der Waals surface area contributed by atoms with Gasteiger partial charge in [0.25, 0.3) is 0 Å². The van der Waals surface area contributed by atoms with Crippen LogP contribution in [-0.2, 0) is 0 Å². The first-order chi connectivity index (χ1) is 8.69. The van der Waals surface area contributed by atoms with Gasteiger partial charge in [0.05, 0.1) is 11.6 Å². The fourth-order valence-corrected chi connectivity index (χ4v) is 2.11. The molecule has 0 aromatic heterocycles. The van der Waals surface area contributed by atoms with E-state index >= 15 is 0 Å². The number of nitrogens with one attached hydrogen (secondary N) is 1. The average Bonchev–Trinajstić information content (AvgIpc) is 2.36. The molecule has 0 saturated heterocycles. The first kappa shape index (κ1) is 15.3. The number of rotatable bonds is 8. The molecular formula is C15H24ClNO. The van der Waals surface area contributed by atoms with Crippen LogP contribution in [0.4, 0.5) is 0 Å². The van der Waals surface area contributed by atoms with Crippen molar-refractivity contribution in [3.63, 3.8) is 0 Å². The summed E-state index contributed by atoms with van der Waals surface area (Å²) in [6, 6.07) is 6.36. The van der Waals surface area contributed by atoms with Crippen molar-refractivity contribution in [3.8, 4) is 5.75 Å². The van der Waals surface area contributed by atoms with Crippen molar-refractivity contribution >= 4 is 11.6 Å². The number of ether oxygens (including phenoxy) is 1. The molecular weight excluding hydrogens is 246 g/mol. The summed E-state index contributed by atoms with van der Waals surface area (Å²) in [6.45, 7) is 8.12. The number of unbranched alkanes of at least 4 members (excludes halogenated alkanes) is 2. The summed E-state index contributed by atoms with van der Waals surface area (Å²) in [6.07, 6.45) is 3.49. The topological polar surface area (TPSA) is 21.3 Å². The molecule has 1 aromatic rings. The van der Waals surface area contributed by atoms with Crippen LogP contribution < -0.4 is 10.1 Å². The van der Waals surface area contributed by atoms with E-state index in [0.29, 0.717) is 11.1 Å². The van der Waals surface area contributed by atoms with Crippen molar-refractivity contribution in [2.45, 2.75) is 46.1 Å². The lowest BCUT2D eigenvalue weighted by molar-refractivity contribution is 0.306. The standard InChI is InChI=1S/C15H24ClNO/c1-4-6-7-10-18-15-9-8-13(11-14(15)16)12(3)17-5-2/h8-9,11-12,17H,4-7,10H2,1-3H3. The fraction of sp³-hybridized carbons (Fsp3) is 0.600. The fourth-order valence-electron chi connectivity index (χ4n) is 1.86. The Bertz CT molecular complexity index is 354. The van der Waals surface area contributed by atoms with Gasteiger partial charge in [-0.05, 0) is 37.6 Å². The van der Waals surface area contributed by atoms with E-state index in [4.69, 9.17) is 16.3 Å². The molecule has 0 aliphatic carbocycles. The molecule has 1 rings (SSSR count). The molecule has 1 N–H and O–H groups in total. The second kappa shape index (κ2) is 8.39. The van der Waals surface area contributed by atoms with Crippen LogP contribution in [0.2, 0.25) is 5.02 Å². The molecule has 3 heteroatoms. The van der Waals surface area contributed by atoms with E-state index in [1.165, 1.54) is 18.4 Å². The minimum absolute atomic E-state index is 0.321. The highest BCUT2D eigenvalue weighted by atomic mass is 35.5. The van der Waals surface area contributed by atoms with Gasteiger partial charge in [-0.1, -0.05) is 44.4 Å². The molecule has 1 atom stereocenters. The Morgan fingerprint density at radius 1 is 1.28 bits per heavy atom. The Kier molecular flexibility index (Phi) is 7.14. The van der Waals surface area contributed by atoms with E-state index in [1.54, 1.807) is 0 Å². The average molecular weight is 270 g/mol. The third-order valence-corrected chi connectivity index (χ3v) is 3.27. The van der Waals surface area contributed by atoms with Crippen molar-refractivity contribution in [1.29, 1.82) is 0 Å². The van der Waals surface area contributed by atoms with Crippen LogP contribution in [0.15, 0.2) is 18.2 Å². The lowest BCUT2D eigenvalue weighted by atomic mass is 10.1. The largest absolute Gasteiger partial charge is 0.492 e. The van der Waals surface area contributed by atoms with Gasteiger partial charge in [0.2, 0.25) is 0 Å². The molecule has 1 unspecified atom stereocenters. The summed E-state index contributed by atoms with van der Waals surface area (Å²) in [7, 11) is 0. The summed E-state index contributed by atoms with van der Waals surface area (Å²) >= 11 is 6.23. The predicted molar refractivity (Wildman–Crippen MR) is 78.6 cm³/mol. The van der Waals surface area contributed by atoms with Gasteiger partial charge in [-0.25, -0.2) is 0 Å². The summed E-state index contributed by atoms with van der Waals surface area (Å²) in [5.41, 5.74) is 1.20. The Morgan fingerprint density at radius 3 is 2.67 bits per heavy atom. The van der Waals surface area contributed by atoms with Crippen molar-refractivity contribution in [2.24, 2.45) is 0 Å².